The third-order valence-electron chi connectivity index (χ3n) is 5.92. The fraction of sp³-hybridized carbons (Fsp3) is 0.148. The van der Waals surface area contributed by atoms with Crippen LogP contribution in [-0.4, -0.2) is 44.1 Å². The van der Waals surface area contributed by atoms with Crippen LogP contribution in [0.3, 0.4) is 0 Å². The fourth-order valence-corrected chi connectivity index (χ4v) is 4.28. The van der Waals surface area contributed by atoms with Gasteiger partial charge < -0.3 is 19.7 Å². The summed E-state index contributed by atoms with van der Waals surface area (Å²) in [6.45, 7) is -0.449. The highest BCUT2D eigenvalue weighted by Gasteiger charge is 2.33. The predicted molar refractivity (Wildman–Crippen MR) is 129 cm³/mol. The van der Waals surface area contributed by atoms with Crippen LogP contribution < -0.4 is 15.0 Å². The molecule has 7 heteroatoms. The molecule has 0 bridgehead atoms. The molecular weight excluding hydrogens is 432 g/mol. The van der Waals surface area contributed by atoms with Crippen molar-refractivity contribution in [2.75, 3.05) is 25.1 Å². The Morgan fingerprint density at radius 1 is 0.941 bits per heavy atom. The van der Waals surface area contributed by atoms with Gasteiger partial charge in [-0.05, 0) is 39.7 Å². The van der Waals surface area contributed by atoms with E-state index in [9.17, 15) is 14.4 Å². The highest BCUT2D eigenvalue weighted by atomic mass is 16.5. The fourth-order valence-electron chi connectivity index (χ4n) is 4.28. The Morgan fingerprint density at radius 2 is 1.56 bits per heavy atom. The van der Waals surface area contributed by atoms with Crippen molar-refractivity contribution in [2.45, 2.75) is 6.10 Å². The van der Waals surface area contributed by atoms with E-state index in [0.29, 0.717) is 17.0 Å². The second-order valence-corrected chi connectivity index (χ2v) is 7.96. The largest absolute Gasteiger partial charge is 0.477 e. The number of benzene rings is 4. The van der Waals surface area contributed by atoms with E-state index in [1.807, 2.05) is 54.6 Å². The van der Waals surface area contributed by atoms with E-state index in [1.54, 1.807) is 24.3 Å². The van der Waals surface area contributed by atoms with E-state index in [4.69, 9.17) is 9.47 Å². The molecule has 4 aromatic rings. The Hall–Kier alpha value is -4.39. The summed E-state index contributed by atoms with van der Waals surface area (Å²) in [5, 5.41) is 5.89. The molecular formula is C27H22N2O5. The van der Waals surface area contributed by atoms with E-state index in [-0.39, 0.29) is 12.5 Å². The van der Waals surface area contributed by atoms with E-state index < -0.39 is 24.6 Å². The number of hydrogen-bond acceptors (Lipinski definition) is 5. The first kappa shape index (κ1) is 21.5. The van der Waals surface area contributed by atoms with E-state index >= 15 is 0 Å². The van der Waals surface area contributed by atoms with E-state index in [2.05, 4.69) is 5.32 Å². The van der Waals surface area contributed by atoms with Crippen LogP contribution in [0.25, 0.3) is 21.5 Å². The lowest BCUT2D eigenvalue weighted by Gasteiger charge is -2.33. The normalized spacial score (nSPS) is 14.9. The van der Waals surface area contributed by atoms with Crippen LogP contribution >= 0.6 is 0 Å². The zero-order valence-corrected chi connectivity index (χ0v) is 18.5. The second kappa shape index (κ2) is 8.86. The number of nitrogens with zero attached hydrogens (tertiary/aromatic N) is 1. The van der Waals surface area contributed by atoms with Gasteiger partial charge in [-0.15, -0.1) is 0 Å². The standard InChI is InChI=1S/C27H22N2O5/c1-28-26(31)23-15-29(21-12-6-7-13-22(21)34-23)24(30)16-33-27(32)25-19-10-4-2-8-17(19)14-18-9-3-5-11-20(18)25/h2-14,23H,15-16H2,1H3,(H,28,31). The molecule has 0 fully saturated rings. The van der Waals surface area contributed by atoms with Gasteiger partial charge in [0.25, 0.3) is 11.8 Å². The average Bonchev–Trinajstić information content (AvgIpc) is 2.88. The first-order valence-corrected chi connectivity index (χ1v) is 10.9. The van der Waals surface area contributed by atoms with Crippen LogP contribution in [0.15, 0.2) is 78.9 Å². The molecule has 4 aromatic carbocycles. The molecule has 1 N–H and O–H groups in total. The van der Waals surface area contributed by atoms with E-state index in [1.165, 1.54) is 11.9 Å². The van der Waals surface area contributed by atoms with Gasteiger partial charge >= 0.3 is 5.97 Å². The number of anilines is 1. The monoisotopic (exact) mass is 454 g/mol. The minimum absolute atomic E-state index is 0.0181. The van der Waals surface area contributed by atoms with Crippen LogP contribution in [0.1, 0.15) is 10.4 Å². The predicted octanol–water partition coefficient (Wildman–Crippen LogP) is 3.69. The van der Waals surface area contributed by atoms with Crippen molar-refractivity contribution in [1.82, 2.24) is 5.32 Å². The summed E-state index contributed by atoms with van der Waals surface area (Å²) in [4.78, 5) is 40.0. The van der Waals surface area contributed by atoms with Gasteiger partial charge in [0.15, 0.2) is 12.7 Å². The summed E-state index contributed by atoms with van der Waals surface area (Å²) in [6.07, 6.45) is -0.860. The molecule has 34 heavy (non-hydrogen) atoms. The highest BCUT2D eigenvalue weighted by Crippen LogP contribution is 2.33. The maximum atomic E-state index is 13.2. The van der Waals surface area contributed by atoms with Crippen LogP contribution in [-0.2, 0) is 14.3 Å². The van der Waals surface area contributed by atoms with Crippen LogP contribution in [0.4, 0.5) is 5.69 Å². The first-order valence-electron chi connectivity index (χ1n) is 10.9. The number of carbonyl (C=O) groups is 3. The third-order valence-corrected chi connectivity index (χ3v) is 5.92. The summed E-state index contributed by atoms with van der Waals surface area (Å²) in [7, 11) is 1.51. The van der Waals surface area contributed by atoms with Gasteiger partial charge in [-0.2, -0.15) is 0 Å². The van der Waals surface area contributed by atoms with Crippen molar-refractivity contribution in [3.63, 3.8) is 0 Å². The van der Waals surface area contributed by atoms with Gasteiger partial charge in [-0.1, -0.05) is 60.7 Å². The average molecular weight is 454 g/mol. The van der Waals surface area contributed by atoms with Gasteiger partial charge in [0.1, 0.15) is 5.75 Å². The second-order valence-electron chi connectivity index (χ2n) is 7.96. The number of esters is 1. The summed E-state index contributed by atoms with van der Waals surface area (Å²) in [5.41, 5.74) is 0.950. The Bertz CT molecular complexity index is 1380. The smallest absolute Gasteiger partial charge is 0.339 e. The molecule has 7 nitrogen and oxygen atoms in total. The molecule has 1 unspecified atom stereocenters. The number of ether oxygens (including phenoxy) is 2. The van der Waals surface area contributed by atoms with Gasteiger partial charge in [0, 0.05) is 7.05 Å². The summed E-state index contributed by atoms with van der Waals surface area (Å²) < 4.78 is 11.3. The quantitative estimate of drug-likeness (QED) is 0.376. The van der Waals surface area contributed by atoms with Crippen molar-refractivity contribution in [2.24, 2.45) is 0 Å². The van der Waals surface area contributed by atoms with Crippen molar-refractivity contribution < 1.29 is 23.9 Å². The van der Waals surface area contributed by atoms with Gasteiger partial charge in [-0.25, -0.2) is 4.79 Å². The van der Waals surface area contributed by atoms with Crippen LogP contribution in [0, 0.1) is 0 Å². The molecule has 0 aliphatic carbocycles. The molecule has 1 aliphatic rings. The molecule has 5 rings (SSSR count). The summed E-state index contributed by atoms with van der Waals surface area (Å²) in [5.74, 6) is -0.943. The van der Waals surface area contributed by atoms with E-state index in [0.717, 1.165) is 21.5 Å². The van der Waals surface area contributed by atoms with Gasteiger partial charge in [0.2, 0.25) is 0 Å². The number of nitrogens with one attached hydrogen (secondary N) is 1. The molecule has 0 spiro atoms. The Kier molecular flexibility index (Phi) is 5.59. The molecule has 0 saturated heterocycles. The molecule has 0 saturated carbocycles. The van der Waals surface area contributed by atoms with Crippen molar-refractivity contribution in [3.8, 4) is 5.75 Å². The minimum Gasteiger partial charge on any atom is -0.477 e. The maximum absolute atomic E-state index is 13.2. The van der Waals surface area contributed by atoms with Crippen LogP contribution in [0.2, 0.25) is 0 Å². The Labute approximate surface area is 195 Å². The Morgan fingerprint density at radius 3 is 2.24 bits per heavy atom. The lowest BCUT2D eigenvalue weighted by atomic mass is 9.97. The van der Waals surface area contributed by atoms with Crippen molar-refractivity contribution >= 4 is 45.0 Å². The molecule has 0 aromatic heterocycles. The SMILES string of the molecule is CNC(=O)C1CN(C(=O)COC(=O)c2c3ccccc3cc3ccccc23)c2ccccc2O1. The van der Waals surface area contributed by atoms with Crippen molar-refractivity contribution in [1.29, 1.82) is 0 Å². The number of rotatable bonds is 4. The molecule has 2 amide bonds. The van der Waals surface area contributed by atoms with Crippen molar-refractivity contribution in [3.05, 3.63) is 84.4 Å². The van der Waals surface area contributed by atoms with Gasteiger partial charge in [-0.3, -0.25) is 9.59 Å². The van der Waals surface area contributed by atoms with Gasteiger partial charge in [0.05, 0.1) is 17.8 Å². The highest BCUT2D eigenvalue weighted by molar-refractivity contribution is 6.17. The number of amides is 2. The summed E-state index contributed by atoms with van der Waals surface area (Å²) >= 11 is 0. The number of hydrogen-bond donors (Lipinski definition) is 1. The minimum atomic E-state index is -0.860. The lowest BCUT2D eigenvalue weighted by Crippen LogP contribution is -2.51. The molecule has 1 heterocycles. The Balaban J connectivity index is 1.42. The number of fused-ring (bicyclic) bond motifs is 3. The molecule has 1 aliphatic heterocycles. The number of para-hydroxylation sites is 2. The number of carbonyl (C=O) groups excluding carboxylic acids is 3. The summed E-state index contributed by atoms with van der Waals surface area (Å²) in [6, 6.07) is 24.1. The topological polar surface area (TPSA) is 84.9 Å². The molecule has 1 atom stereocenters. The van der Waals surface area contributed by atoms with Crippen LogP contribution in [0.5, 0.6) is 5.75 Å². The third kappa shape index (κ3) is 3.81. The number of likely N-dealkylation sites (N-methyl/N-ethyl adjacent to an activating group) is 1. The zero-order chi connectivity index (χ0) is 23.7. The lowest BCUT2D eigenvalue weighted by molar-refractivity contribution is -0.128. The first-order chi connectivity index (χ1) is 16.6. The maximum Gasteiger partial charge on any atom is 0.339 e. The molecule has 0 radical (unpaired) electrons. The molecule has 170 valence electrons. The zero-order valence-electron chi connectivity index (χ0n) is 18.5.